The summed E-state index contributed by atoms with van der Waals surface area (Å²) in [6, 6.07) is 2.48. The second-order valence-electron chi connectivity index (χ2n) is 8.45. The fraction of sp³-hybridized carbons (Fsp3) is 0.417. The number of rotatable bonds is 10. The van der Waals surface area contributed by atoms with Gasteiger partial charge < -0.3 is 19.9 Å². The second kappa shape index (κ2) is 12.1. The number of aromatic nitrogens is 1. The molecule has 1 aromatic carbocycles. The van der Waals surface area contributed by atoms with E-state index in [4.69, 9.17) is 31.2 Å². The molecule has 198 valence electrons. The summed E-state index contributed by atoms with van der Waals surface area (Å²) in [7, 11) is 0. The summed E-state index contributed by atoms with van der Waals surface area (Å²) in [5.74, 6) is -1.93. The van der Waals surface area contributed by atoms with E-state index in [0.29, 0.717) is 22.1 Å². The van der Waals surface area contributed by atoms with Crippen LogP contribution in [0.3, 0.4) is 0 Å². The minimum Gasteiger partial charge on any atom is -0.480 e. The number of nitrogens with one attached hydrogen (secondary N) is 1. The molecule has 9 nitrogen and oxygen atoms in total. The molecule has 0 aliphatic carbocycles. The van der Waals surface area contributed by atoms with E-state index in [0.717, 1.165) is 6.07 Å². The van der Waals surface area contributed by atoms with Crippen LogP contribution in [0.4, 0.5) is 8.78 Å². The van der Waals surface area contributed by atoms with Crippen LogP contribution in [0, 0.1) is 5.82 Å². The summed E-state index contributed by atoms with van der Waals surface area (Å²) in [6.07, 6.45) is 0.615. The van der Waals surface area contributed by atoms with E-state index in [1.54, 1.807) is 23.4 Å². The molecule has 1 saturated heterocycles. The van der Waals surface area contributed by atoms with Crippen molar-refractivity contribution in [2.75, 3.05) is 32.9 Å². The molecule has 2 aliphatic heterocycles. The fourth-order valence-corrected chi connectivity index (χ4v) is 5.20. The van der Waals surface area contributed by atoms with Crippen molar-refractivity contribution in [2.24, 2.45) is 4.99 Å². The number of carboxylic acid groups (broad SMARTS) is 1. The number of hydrogen-bond donors (Lipinski definition) is 2. The van der Waals surface area contributed by atoms with Gasteiger partial charge in [-0.25, -0.2) is 23.4 Å². The zero-order chi connectivity index (χ0) is 26.5. The smallest absolute Gasteiger partial charge is 0.338 e. The largest absolute Gasteiger partial charge is 0.480 e. The minimum atomic E-state index is -1.15. The van der Waals surface area contributed by atoms with Gasteiger partial charge in [-0.15, -0.1) is 11.3 Å². The number of likely N-dealkylation sites (tertiary alicyclic amines) is 1. The molecular weight excluding hydrogens is 530 g/mol. The zero-order valence-corrected chi connectivity index (χ0v) is 21.4. The van der Waals surface area contributed by atoms with Gasteiger partial charge in [0.1, 0.15) is 24.6 Å². The van der Waals surface area contributed by atoms with Crippen molar-refractivity contribution >= 4 is 40.7 Å². The van der Waals surface area contributed by atoms with E-state index in [1.165, 1.54) is 23.5 Å². The quantitative estimate of drug-likeness (QED) is 0.430. The number of benzene rings is 1. The molecule has 2 aromatic rings. The van der Waals surface area contributed by atoms with Gasteiger partial charge in [-0.05, 0) is 25.5 Å². The van der Waals surface area contributed by atoms with Crippen molar-refractivity contribution in [3.05, 3.63) is 62.5 Å². The Bertz CT molecular complexity index is 1210. The van der Waals surface area contributed by atoms with Crippen LogP contribution in [0.1, 0.15) is 30.0 Å². The summed E-state index contributed by atoms with van der Waals surface area (Å²) in [5.41, 5.74) is 0.954. The lowest BCUT2D eigenvalue weighted by atomic mass is 9.95. The number of carbonyl (C=O) groups excluding carboxylic acids is 1. The van der Waals surface area contributed by atoms with E-state index in [9.17, 15) is 18.4 Å². The molecular formula is C24H25ClF2N4O5S. The van der Waals surface area contributed by atoms with Gasteiger partial charge >= 0.3 is 11.9 Å². The lowest BCUT2D eigenvalue weighted by Gasteiger charge is -2.31. The second-order valence-corrected chi connectivity index (χ2v) is 9.75. The molecule has 2 unspecified atom stereocenters. The van der Waals surface area contributed by atoms with Gasteiger partial charge in [0.2, 0.25) is 0 Å². The van der Waals surface area contributed by atoms with Crippen LogP contribution < -0.4 is 5.32 Å². The van der Waals surface area contributed by atoms with Crippen LogP contribution in [-0.4, -0.2) is 77.9 Å². The summed E-state index contributed by atoms with van der Waals surface area (Å²) in [5, 5.41) is 14.5. The average Bonchev–Trinajstić information content (AvgIpc) is 3.49. The van der Waals surface area contributed by atoms with Gasteiger partial charge in [0.05, 0.1) is 18.8 Å². The van der Waals surface area contributed by atoms with Crippen LogP contribution in [0.15, 0.2) is 46.0 Å². The van der Waals surface area contributed by atoms with Crippen molar-refractivity contribution in [2.45, 2.75) is 31.6 Å². The number of carboxylic acids is 1. The fourth-order valence-electron chi connectivity index (χ4n) is 4.34. The van der Waals surface area contributed by atoms with Gasteiger partial charge in [-0.3, -0.25) is 9.89 Å². The molecule has 37 heavy (non-hydrogen) atoms. The molecule has 0 bridgehead atoms. The van der Waals surface area contributed by atoms with Gasteiger partial charge in [0, 0.05) is 47.0 Å². The number of halogens is 3. The Kier molecular flexibility index (Phi) is 8.85. The number of thiazole rings is 1. The molecule has 4 rings (SSSR count). The van der Waals surface area contributed by atoms with Crippen molar-refractivity contribution in [1.82, 2.24) is 15.2 Å². The number of amidine groups is 1. The highest BCUT2D eigenvalue weighted by Crippen LogP contribution is 2.37. The first-order valence-corrected chi connectivity index (χ1v) is 12.8. The summed E-state index contributed by atoms with van der Waals surface area (Å²) >= 11 is 7.71. The van der Waals surface area contributed by atoms with Gasteiger partial charge in [0.15, 0.2) is 10.8 Å². The van der Waals surface area contributed by atoms with Crippen molar-refractivity contribution in [1.29, 1.82) is 0 Å². The molecule has 13 heteroatoms. The Labute approximate surface area is 220 Å². The Hall–Kier alpha value is -2.93. The highest BCUT2D eigenvalue weighted by Gasteiger charge is 2.38. The van der Waals surface area contributed by atoms with Gasteiger partial charge in [0.25, 0.3) is 0 Å². The average molecular weight is 555 g/mol. The summed E-state index contributed by atoms with van der Waals surface area (Å²) in [4.78, 5) is 34.9. The predicted molar refractivity (Wildman–Crippen MR) is 133 cm³/mol. The predicted octanol–water partition coefficient (Wildman–Crippen LogP) is 3.36. The standard InChI is InChI=1S/C24H25ClF2N4O5S/c1-2-36-24(34)20-18(10-31-9-14(27)7-15(31)11-35-12-19(32)33)29-22(23-28-5-6-37-23)30-21(20)16-4-3-13(26)8-17(16)25/h3-6,8,14-15,21H,2,7,9-12H2,1H3,(H,29,30)(H,32,33)/t14?,15?,21-/m0/s1. The number of ether oxygens (including phenoxy) is 2. The lowest BCUT2D eigenvalue weighted by molar-refractivity contribution is -0.143. The van der Waals surface area contributed by atoms with Crippen LogP contribution in [-0.2, 0) is 19.1 Å². The number of esters is 1. The monoisotopic (exact) mass is 554 g/mol. The van der Waals surface area contributed by atoms with Crippen molar-refractivity contribution in [3.8, 4) is 0 Å². The molecule has 2 N–H and O–H groups in total. The van der Waals surface area contributed by atoms with E-state index < -0.39 is 42.6 Å². The number of nitrogens with zero attached hydrogens (tertiary/aromatic N) is 3. The maximum Gasteiger partial charge on any atom is 0.338 e. The van der Waals surface area contributed by atoms with Gasteiger partial charge in [-0.2, -0.15) is 0 Å². The van der Waals surface area contributed by atoms with Crippen LogP contribution >= 0.6 is 22.9 Å². The Morgan fingerprint density at radius 3 is 2.86 bits per heavy atom. The molecule has 0 amide bonds. The maximum atomic E-state index is 14.4. The first-order valence-electron chi connectivity index (χ1n) is 11.5. The highest BCUT2D eigenvalue weighted by atomic mass is 35.5. The van der Waals surface area contributed by atoms with E-state index in [2.05, 4.69) is 10.3 Å². The number of aliphatic carboxylic acids is 1. The summed E-state index contributed by atoms with van der Waals surface area (Å²) in [6.45, 7) is 1.44. The van der Waals surface area contributed by atoms with E-state index in [1.807, 2.05) is 0 Å². The molecule has 3 atom stereocenters. The lowest BCUT2D eigenvalue weighted by Crippen LogP contribution is -2.42. The molecule has 0 spiro atoms. The third kappa shape index (κ3) is 6.50. The molecule has 1 fully saturated rings. The van der Waals surface area contributed by atoms with Crippen LogP contribution in [0.5, 0.6) is 0 Å². The number of alkyl halides is 1. The van der Waals surface area contributed by atoms with Crippen LogP contribution in [0.2, 0.25) is 5.02 Å². The zero-order valence-electron chi connectivity index (χ0n) is 19.8. The van der Waals surface area contributed by atoms with E-state index in [-0.39, 0.29) is 43.3 Å². The Morgan fingerprint density at radius 2 is 2.19 bits per heavy atom. The Morgan fingerprint density at radius 1 is 1.38 bits per heavy atom. The first kappa shape index (κ1) is 27.1. The number of hydrogen-bond acceptors (Lipinski definition) is 9. The highest BCUT2D eigenvalue weighted by molar-refractivity contribution is 7.11. The van der Waals surface area contributed by atoms with E-state index >= 15 is 0 Å². The normalized spacial score (nSPS) is 22.1. The number of aliphatic imine (C=N–C) groups is 1. The topological polar surface area (TPSA) is 113 Å². The van der Waals surface area contributed by atoms with Crippen LogP contribution in [0.25, 0.3) is 0 Å². The third-order valence-corrected chi connectivity index (χ3v) is 6.99. The number of carbonyl (C=O) groups is 2. The summed E-state index contributed by atoms with van der Waals surface area (Å²) < 4.78 is 38.9. The Balaban J connectivity index is 1.74. The first-order chi connectivity index (χ1) is 17.8. The minimum absolute atomic E-state index is 0.00931. The maximum absolute atomic E-state index is 14.4. The van der Waals surface area contributed by atoms with Crippen molar-refractivity contribution in [3.63, 3.8) is 0 Å². The molecule has 1 aromatic heterocycles. The molecule has 0 radical (unpaired) electrons. The SMILES string of the molecule is CCOC(=O)C1=C(CN2CC(F)CC2COCC(=O)O)NC(c2nccs2)=N[C@H]1c1ccc(F)cc1Cl. The third-order valence-electron chi connectivity index (χ3n) is 5.89. The molecule has 3 heterocycles. The van der Waals surface area contributed by atoms with Gasteiger partial charge in [-0.1, -0.05) is 17.7 Å². The molecule has 0 saturated carbocycles. The molecule has 2 aliphatic rings. The van der Waals surface area contributed by atoms with Crippen molar-refractivity contribution < 1.29 is 33.0 Å².